The molecule has 0 aromatic heterocycles. The fraction of sp³-hybridized carbons (Fsp3) is 0.842. The summed E-state index contributed by atoms with van der Waals surface area (Å²) >= 11 is 0. The van der Waals surface area contributed by atoms with Gasteiger partial charge in [-0.1, -0.05) is 41.0 Å². The van der Waals surface area contributed by atoms with Crippen molar-refractivity contribution in [2.45, 2.75) is 65.6 Å². The molecular weight excluding hydrogens is 334 g/mol. The fourth-order valence-corrected chi connectivity index (χ4v) is 3.37. The van der Waals surface area contributed by atoms with E-state index in [4.69, 9.17) is 4.74 Å². The van der Waals surface area contributed by atoms with E-state index in [1.54, 1.807) is 26.1 Å². The molecule has 0 spiro atoms. The van der Waals surface area contributed by atoms with E-state index in [9.17, 15) is 14.4 Å². The first-order valence-electron chi connectivity index (χ1n) is 9.39. The second-order valence-electron chi connectivity index (χ2n) is 7.24. The predicted octanol–water partition coefficient (Wildman–Crippen LogP) is 1.51. The van der Waals surface area contributed by atoms with Gasteiger partial charge in [0.05, 0.1) is 18.7 Å². The molecule has 0 aromatic carbocycles. The highest BCUT2D eigenvalue weighted by molar-refractivity contribution is 5.88. The van der Waals surface area contributed by atoms with Crippen LogP contribution in [0.4, 0.5) is 0 Å². The normalized spacial score (nSPS) is 15.7. The maximum Gasteiger partial charge on any atom is 0.243 e. The van der Waals surface area contributed by atoms with E-state index in [0.29, 0.717) is 6.41 Å². The first-order chi connectivity index (χ1) is 12.2. The van der Waals surface area contributed by atoms with Crippen LogP contribution in [0.5, 0.6) is 0 Å². The van der Waals surface area contributed by atoms with Gasteiger partial charge in [0.15, 0.2) is 0 Å². The molecule has 0 aromatic rings. The largest absolute Gasteiger partial charge is 0.379 e. The molecular formula is C19H37N3O4. The summed E-state index contributed by atoms with van der Waals surface area (Å²) in [5, 5.41) is 2.68. The first-order valence-corrected chi connectivity index (χ1v) is 9.39. The van der Waals surface area contributed by atoms with E-state index >= 15 is 0 Å². The van der Waals surface area contributed by atoms with Crippen molar-refractivity contribution in [3.63, 3.8) is 0 Å². The van der Waals surface area contributed by atoms with Gasteiger partial charge in [0.1, 0.15) is 6.04 Å². The highest BCUT2D eigenvalue weighted by atomic mass is 16.5. The molecule has 0 saturated heterocycles. The summed E-state index contributed by atoms with van der Waals surface area (Å²) in [7, 11) is 4.98. The lowest BCUT2D eigenvalue weighted by Crippen LogP contribution is -2.53. The van der Waals surface area contributed by atoms with Gasteiger partial charge in [-0.05, 0) is 18.3 Å². The van der Waals surface area contributed by atoms with Crippen molar-refractivity contribution in [1.29, 1.82) is 0 Å². The van der Waals surface area contributed by atoms with Gasteiger partial charge in [-0.25, -0.2) is 0 Å². The number of hydrogen-bond acceptors (Lipinski definition) is 4. The second kappa shape index (κ2) is 11.9. The van der Waals surface area contributed by atoms with Crippen LogP contribution < -0.4 is 5.32 Å². The minimum absolute atomic E-state index is 0.0520. The number of methoxy groups -OCH3 is 1. The van der Waals surface area contributed by atoms with Gasteiger partial charge in [-0.3, -0.25) is 14.4 Å². The van der Waals surface area contributed by atoms with Crippen molar-refractivity contribution in [3.8, 4) is 0 Å². The molecule has 0 radical (unpaired) electrons. The Morgan fingerprint density at radius 3 is 2.08 bits per heavy atom. The minimum atomic E-state index is -0.599. The average molecular weight is 372 g/mol. The molecule has 0 saturated carbocycles. The van der Waals surface area contributed by atoms with E-state index in [-0.39, 0.29) is 42.3 Å². The van der Waals surface area contributed by atoms with Gasteiger partial charge in [0.2, 0.25) is 18.2 Å². The van der Waals surface area contributed by atoms with Crippen LogP contribution in [0.3, 0.4) is 0 Å². The van der Waals surface area contributed by atoms with Gasteiger partial charge >= 0.3 is 0 Å². The van der Waals surface area contributed by atoms with Crippen LogP contribution in [-0.4, -0.2) is 74.0 Å². The Labute approximate surface area is 158 Å². The Bertz CT molecular complexity index is 452. The van der Waals surface area contributed by atoms with Crippen LogP contribution in [0, 0.1) is 11.8 Å². The number of nitrogens with zero attached hydrogens (tertiary/aromatic N) is 2. The smallest absolute Gasteiger partial charge is 0.243 e. The van der Waals surface area contributed by atoms with Crippen molar-refractivity contribution in [2.75, 3.05) is 27.7 Å². The van der Waals surface area contributed by atoms with Crippen LogP contribution >= 0.6 is 0 Å². The Hall–Kier alpha value is -1.63. The SMILES string of the molecule is CCC(C)C(C(CC)OC)N(C)C(=O)CNC(=O)C(C(C)C)N(C)C=O. The predicted molar refractivity (Wildman–Crippen MR) is 103 cm³/mol. The lowest BCUT2D eigenvalue weighted by molar-refractivity contribution is -0.139. The number of rotatable bonds is 12. The number of likely N-dealkylation sites (N-methyl/N-ethyl adjacent to an activating group) is 2. The average Bonchev–Trinajstić information content (AvgIpc) is 2.62. The Morgan fingerprint density at radius 1 is 1.12 bits per heavy atom. The van der Waals surface area contributed by atoms with Crippen LogP contribution in [0.1, 0.15) is 47.5 Å². The molecule has 1 N–H and O–H groups in total. The number of amides is 3. The molecule has 0 aliphatic carbocycles. The van der Waals surface area contributed by atoms with Crippen LogP contribution in [0.2, 0.25) is 0 Å². The maximum absolute atomic E-state index is 12.6. The molecule has 4 atom stereocenters. The summed E-state index contributed by atoms with van der Waals surface area (Å²) in [6.07, 6.45) is 2.30. The molecule has 4 unspecified atom stereocenters. The molecule has 0 fully saturated rings. The van der Waals surface area contributed by atoms with E-state index in [1.807, 2.05) is 20.8 Å². The zero-order valence-corrected chi connectivity index (χ0v) is 17.6. The molecule has 152 valence electrons. The number of nitrogens with one attached hydrogen (secondary N) is 1. The van der Waals surface area contributed by atoms with Gasteiger partial charge in [0.25, 0.3) is 0 Å². The monoisotopic (exact) mass is 371 g/mol. The van der Waals surface area contributed by atoms with E-state index < -0.39 is 6.04 Å². The second-order valence-corrected chi connectivity index (χ2v) is 7.24. The van der Waals surface area contributed by atoms with Gasteiger partial charge in [0, 0.05) is 21.2 Å². The quantitative estimate of drug-likeness (QED) is 0.528. The number of carbonyl (C=O) groups excluding carboxylic acids is 3. The van der Waals surface area contributed by atoms with E-state index in [1.165, 1.54) is 4.90 Å². The summed E-state index contributed by atoms with van der Waals surface area (Å²) in [4.78, 5) is 39.1. The Morgan fingerprint density at radius 2 is 1.69 bits per heavy atom. The summed E-state index contributed by atoms with van der Waals surface area (Å²) in [6, 6.07) is -0.656. The van der Waals surface area contributed by atoms with Crippen molar-refractivity contribution in [2.24, 2.45) is 11.8 Å². The molecule has 0 aliphatic rings. The molecule has 0 aliphatic heterocycles. The summed E-state index contributed by atoms with van der Waals surface area (Å²) < 4.78 is 5.57. The molecule has 0 rings (SSSR count). The number of ether oxygens (including phenoxy) is 1. The van der Waals surface area contributed by atoms with Gasteiger partial charge in [-0.2, -0.15) is 0 Å². The number of carbonyl (C=O) groups is 3. The molecule has 7 nitrogen and oxygen atoms in total. The topological polar surface area (TPSA) is 79.0 Å². The molecule has 7 heteroatoms. The number of hydrogen-bond donors (Lipinski definition) is 1. The third-order valence-corrected chi connectivity index (χ3v) is 5.07. The van der Waals surface area contributed by atoms with E-state index in [0.717, 1.165) is 12.8 Å². The van der Waals surface area contributed by atoms with Crippen LogP contribution in [-0.2, 0) is 19.1 Å². The van der Waals surface area contributed by atoms with Crippen molar-refractivity contribution in [3.05, 3.63) is 0 Å². The lowest BCUT2D eigenvalue weighted by atomic mass is 9.91. The standard InChI is InChI=1S/C19H37N3O4/c1-9-14(5)18(15(10-2)26-8)22(7)16(24)11-20-19(25)17(13(3)4)21(6)12-23/h12-15,17-18H,9-11H2,1-8H3,(H,20,25). The third-order valence-electron chi connectivity index (χ3n) is 5.07. The Kier molecular flexibility index (Phi) is 11.1. The summed E-state index contributed by atoms with van der Waals surface area (Å²) in [5.74, 6) is -0.274. The molecule has 26 heavy (non-hydrogen) atoms. The van der Waals surface area contributed by atoms with E-state index in [2.05, 4.69) is 19.2 Å². The van der Waals surface area contributed by atoms with Crippen molar-refractivity contribution in [1.82, 2.24) is 15.1 Å². The highest BCUT2D eigenvalue weighted by Gasteiger charge is 2.32. The highest BCUT2D eigenvalue weighted by Crippen LogP contribution is 2.21. The zero-order valence-electron chi connectivity index (χ0n) is 17.6. The summed E-state index contributed by atoms with van der Waals surface area (Å²) in [5.41, 5.74) is 0. The molecule has 3 amide bonds. The summed E-state index contributed by atoms with van der Waals surface area (Å²) in [6.45, 7) is 9.85. The van der Waals surface area contributed by atoms with Gasteiger partial charge in [-0.15, -0.1) is 0 Å². The third kappa shape index (κ3) is 6.59. The minimum Gasteiger partial charge on any atom is -0.379 e. The van der Waals surface area contributed by atoms with Crippen LogP contribution in [0.15, 0.2) is 0 Å². The molecule has 0 bridgehead atoms. The van der Waals surface area contributed by atoms with Crippen LogP contribution in [0.25, 0.3) is 0 Å². The van der Waals surface area contributed by atoms with Crippen molar-refractivity contribution >= 4 is 18.2 Å². The lowest BCUT2D eigenvalue weighted by Gasteiger charge is -2.37. The Balaban J connectivity index is 5.06. The molecule has 0 heterocycles. The fourth-order valence-electron chi connectivity index (χ4n) is 3.37. The first kappa shape index (κ1) is 24.4. The maximum atomic E-state index is 12.6. The zero-order chi connectivity index (χ0) is 20.4. The van der Waals surface area contributed by atoms with Crippen molar-refractivity contribution < 1.29 is 19.1 Å². The van der Waals surface area contributed by atoms with Gasteiger partial charge < -0.3 is 19.9 Å².